The number of anilines is 1. The van der Waals surface area contributed by atoms with Crippen LogP contribution in [0.3, 0.4) is 0 Å². The van der Waals surface area contributed by atoms with Crippen molar-refractivity contribution >= 4 is 28.5 Å². The van der Waals surface area contributed by atoms with Crippen LogP contribution in [0.25, 0.3) is 10.9 Å². The van der Waals surface area contributed by atoms with Crippen molar-refractivity contribution in [2.75, 3.05) is 25.0 Å². The zero-order valence-electron chi connectivity index (χ0n) is 17.5. The third-order valence-corrected chi connectivity index (χ3v) is 6.57. The molecular weight excluding hydrogens is 394 g/mol. The largest absolute Gasteiger partial charge is 0.378 e. The number of fused-ring (bicyclic) bond motifs is 3. The highest BCUT2D eigenvalue weighted by Gasteiger charge is 2.44. The van der Waals surface area contributed by atoms with Crippen molar-refractivity contribution in [1.29, 1.82) is 0 Å². The summed E-state index contributed by atoms with van der Waals surface area (Å²) in [5, 5.41) is 10.5. The van der Waals surface area contributed by atoms with Crippen molar-refractivity contribution < 1.29 is 14.3 Å². The van der Waals surface area contributed by atoms with E-state index >= 15 is 0 Å². The topological polar surface area (TPSA) is 95.6 Å². The Hall–Kier alpha value is -2.55. The molecule has 2 aromatic rings. The smallest absolute Gasteiger partial charge is 0.236 e. The lowest BCUT2D eigenvalue weighted by Gasteiger charge is -2.46. The van der Waals surface area contributed by atoms with E-state index in [2.05, 4.69) is 25.8 Å². The number of hydrogen-bond donors (Lipinski definition) is 3. The normalized spacial score (nSPS) is 28.1. The van der Waals surface area contributed by atoms with Crippen LogP contribution in [0.15, 0.2) is 36.4 Å². The highest BCUT2D eigenvalue weighted by Crippen LogP contribution is 2.32. The van der Waals surface area contributed by atoms with Crippen molar-refractivity contribution in [3.8, 4) is 0 Å². The second kappa shape index (κ2) is 8.90. The van der Waals surface area contributed by atoms with E-state index in [1.165, 1.54) is 0 Å². The molecule has 1 aliphatic carbocycles. The summed E-state index contributed by atoms with van der Waals surface area (Å²) in [6.07, 6.45) is 4.50. The number of pyridine rings is 1. The Morgan fingerprint density at radius 1 is 1.23 bits per heavy atom. The molecule has 2 aliphatic heterocycles. The fourth-order valence-corrected chi connectivity index (χ4v) is 5.05. The van der Waals surface area contributed by atoms with Crippen molar-refractivity contribution in [3.63, 3.8) is 0 Å². The number of carbonyl (C=O) groups excluding carboxylic acids is 2. The van der Waals surface area contributed by atoms with Gasteiger partial charge >= 0.3 is 0 Å². The number of ether oxygens (including phenoxy) is 1. The lowest BCUT2D eigenvalue weighted by molar-refractivity contribution is -0.119. The number of carbonyl (C=O) groups is 2. The summed E-state index contributed by atoms with van der Waals surface area (Å²) in [6, 6.07) is 12.0. The first-order valence-corrected chi connectivity index (χ1v) is 11.2. The SMILES string of the molecule is O=C(CCCOC1CCCC2NC3NC(=O)CN3CC21)Nc1ccc2ccccc2n1. The standard InChI is InChI=1S/C23H29N5O3/c29-21(26-20-11-10-15-5-1-2-6-17(15)24-20)9-4-12-31-19-8-3-7-18-16(19)13-28-14-22(30)27-23(28)25-18/h1-2,5-6,10-11,16,18-19,23,25H,3-4,7-9,12-14H2,(H,27,30)(H,24,26,29). The number of aromatic nitrogens is 1. The van der Waals surface area contributed by atoms with Crippen LogP contribution >= 0.6 is 0 Å². The van der Waals surface area contributed by atoms with Crippen LogP contribution in [0.5, 0.6) is 0 Å². The highest BCUT2D eigenvalue weighted by molar-refractivity contribution is 5.91. The lowest BCUT2D eigenvalue weighted by atomic mass is 9.80. The van der Waals surface area contributed by atoms with Gasteiger partial charge in [0.2, 0.25) is 11.8 Å². The molecular formula is C23H29N5O3. The van der Waals surface area contributed by atoms with E-state index in [1.807, 2.05) is 36.4 Å². The average Bonchev–Trinajstić information content (AvgIpc) is 3.14. The first-order valence-electron chi connectivity index (χ1n) is 11.2. The zero-order chi connectivity index (χ0) is 21.2. The predicted molar refractivity (Wildman–Crippen MR) is 117 cm³/mol. The minimum Gasteiger partial charge on any atom is -0.378 e. The molecule has 2 saturated heterocycles. The molecule has 0 bridgehead atoms. The first kappa shape index (κ1) is 20.4. The predicted octanol–water partition coefficient (Wildman–Crippen LogP) is 1.83. The molecule has 1 saturated carbocycles. The summed E-state index contributed by atoms with van der Waals surface area (Å²) in [6.45, 7) is 1.89. The van der Waals surface area contributed by atoms with Gasteiger partial charge < -0.3 is 15.4 Å². The molecule has 0 radical (unpaired) electrons. The molecule has 3 aliphatic rings. The molecule has 8 nitrogen and oxygen atoms in total. The van der Waals surface area contributed by atoms with Crippen molar-refractivity contribution in [2.24, 2.45) is 5.92 Å². The van der Waals surface area contributed by atoms with E-state index in [1.54, 1.807) is 0 Å². The zero-order valence-corrected chi connectivity index (χ0v) is 17.5. The van der Waals surface area contributed by atoms with E-state index < -0.39 is 0 Å². The molecule has 3 heterocycles. The Labute approximate surface area is 181 Å². The van der Waals surface area contributed by atoms with Crippen LogP contribution in [0.4, 0.5) is 5.82 Å². The molecule has 31 heavy (non-hydrogen) atoms. The lowest BCUT2D eigenvalue weighted by Crippen LogP contribution is -2.64. The molecule has 8 heteroatoms. The molecule has 4 atom stereocenters. The minimum atomic E-state index is -0.0447. The van der Waals surface area contributed by atoms with Gasteiger partial charge in [0.25, 0.3) is 0 Å². The van der Waals surface area contributed by atoms with Gasteiger partial charge in [-0.3, -0.25) is 19.8 Å². The Morgan fingerprint density at radius 2 is 2.13 bits per heavy atom. The summed E-state index contributed by atoms with van der Waals surface area (Å²) in [5.41, 5.74) is 0.869. The molecule has 3 fully saturated rings. The van der Waals surface area contributed by atoms with E-state index in [0.717, 1.165) is 36.7 Å². The maximum absolute atomic E-state index is 12.3. The number of rotatable bonds is 6. The average molecular weight is 424 g/mol. The van der Waals surface area contributed by atoms with Gasteiger partial charge in [-0.2, -0.15) is 0 Å². The Kier molecular flexibility index (Phi) is 5.85. The molecule has 0 spiro atoms. The third-order valence-electron chi connectivity index (χ3n) is 6.57. The summed E-state index contributed by atoms with van der Waals surface area (Å²) < 4.78 is 6.22. The van der Waals surface area contributed by atoms with Crippen LogP contribution in [0, 0.1) is 5.92 Å². The molecule has 2 amide bonds. The molecule has 1 aromatic heterocycles. The number of hydrogen-bond acceptors (Lipinski definition) is 6. The van der Waals surface area contributed by atoms with Gasteiger partial charge in [0.1, 0.15) is 12.1 Å². The van der Waals surface area contributed by atoms with Crippen LogP contribution in [-0.4, -0.2) is 59.8 Å². The second-order valence-corrected chi connectivity index (χ2v) is 8.72. The van der Waals surface area contributed by atoms with Crippen LogP contribution in [-0.2, 0) is 14.3 Å². The summed E-state index contributed by atoms with van der Waals surface area (Å²) >= 11 is 0. The monoisotopic (exact) mass is 423 g/mol. The van der Waals surface area contributed by atoms with Crippen LogP contribution in [0.1, 0.15) is 32.1 Å². The summed E-state index contributed by atoms with van der Waals surface area (Å²) in [7, 11) is 0. The maximum Gasteiger partial charge on any atom is 0.236 e. The van der Waals surface area contributed by atoms with Gasteiger partial charge in [0.05, 0.1) is 18.2 Å². The highest BCUT2D eigenvalue weighted by atomic mass is 16.5. The molecule has 4 unspecified atom stereocenters. The fourth-order valence-electron chi connectivity index (χ4n) is 5.05. The van der Waals surface area contributed by atoms with Crippen molar-refractivity contribution in [2.45, 2.75) is 50.5 Å². The quantitative estimate of drug-likeness (QED) is 0.614. The summed E-state index contributed by atoms with van der Waals surface area (Å²) in [5.74, 6) is 1.00. The molecule has 5 rings (SSSR count). The maximum atomic E-state index is 12.3. The third kappa shape index (κ3) is 4.56. The van der Waals surface area contributed by atoms with Crippen molar-refractivity contribution in [1.82, 2.24) is 20.5 Å². The minimum absolute atomic E-state index is 0.0279. The Balaban J connectivity index is 1.08. The Bertz CT molecular complexity index is 967. The fraction of sp³-hybridized carbons (Fsp3) is 0.522. The van der Waals surface area contributed by atoms with Gasteiger partial charge in [0, 0.05) is 36.9 Å². The van der Waals surface area contributed by atoms with E-state index in [4.69, 9.17) is 4.74 Å². The second-order valence-electron chi connectivity index (χ2n) is 8.72. The van der Waals surface area contributed by atoms with Gasteiger partial charge in [-0.1, -0.05) is 18.2 Å². The first-order chi connectivity index (χ1) is 15.2. The molecule has 164 valence electrons. The van der Waals surface area contributed by atoms with E-state index in [0.29, 0.717) is 43.8 Å². The number of amides is 2. The van der Waals surface area contributed by atoms with Gasteiger partial charge in [-0.15, -0.1) is 0 Å². The molecule has 3 N–H and O–H groups in total. The Morgan fingerprint density at radius 3 is 3.06 bits per heavy atom. The number of para-hydroxylation sites is 1. The summed E-state index contributed by atoms with van der Waals surface area (Å²) in [4.78, 5) is 30.7. The molecule has 1 aromatic carbocycles. The van der Waals surface area contributed by atoms with Gasteiger partial charge in [-0.25, -0.2) is 4.98 Å². The number of nitrogens with zero attached hydrogens (tertiary/aromatic N) is 2. The van der Waals surface area contributed by atoms with E-state index in [-0.39, 0.29) is 24.2 Å². The van der Waals surface area contributed by atoms with Gasteiger partial charge in [-0.05, 0) is 43.9 Å². The van der Waals surface area contributed by atoms with Crippen LogP contribution < -0.4 is 16.0 Å². The van der Waals surface area contributed by atoms with Crippen LogP contribution in [0.2, 0.25) is 0 Å². The van der Waals surface area contributed by atoms with E-state index in [9.17, 15) is 9.59 Å². The number of benzene rings is 1. The van der Waals surface area contributed by atoms with Gasteiger partial charge in [0.15, 0.2) is 0 Å². The van der Waals surface area contributed by atoms with Crippen molar-refractivity contribution in [3.05, 3.63) is 36.4 Å². The number of nitrogens with one attached hydrogen (secondary N) is 3.